The molecule has 1 N–H and O–H groups in total. The molecule has 1 fully saturated rings. The number of benzene rings is 1. The molecular formula is C16H23BrN2O2. The van der Waals surface area contributed by atoms with Gasteiger partial charge in [0.15, 0.2) is 0 Å². The Balaban J connectivity index is 1.96. The van der Waals surface area contributed by atoms with Crippen LogP contribution in [0.15, 0.2) is 22.7 Å². The number of nitrogens with one attached hydrogen (secondary N) is 1. The lowest BCUT2D eigenvalue weighted by Gasteiger charge is -2.37. The summed E-state index contributed by atoms with van der Waals surface area (Å²) in [7, 11) is 0. The second-order valence-corrected chi connectivity index (χ2v) is 7.83. The summed E-state index contributed by atoms with van der Waals surface area (Å²) in [5, 5.41) is 14.3. The highest BCUT2D eigenvalue weighted by Crippen LogP contribution is 2.39. The molecule has 1 saturated carbocycles. The highest BCUT2D eigenvalue weighted by Gasteiger charge is 2.29. The third-order valence-electron chi connectivity index (χ3n) is 4.48. The predicted octanol–water partition coefficient (Wildman–Crippen LogP) is 5.37. The lowest BCUT2D eigenvalue weighted by molar-refractivity contribution is -0.384. The van der Waals surface area contributed by atoms with Gasteiger partial charge in [-0.05, 0) is 59.0 Å². The number of hydrogen-bond donors (Lipinski definition) is 1. The van der Waals surface area contributed by atoms with Crippen LogP contribution in [0.5, 0.6) is 0 Å². The van der Waals surface area contributed by atoms with Gasteiger partial charge < -0.3 is 5.32 Å². The van der Waals surface area contributed by atoms with Gasteiger partial charge in [0.25, 0.3) is 5.69 Å². The molecule has 0 amide bonds. The van der Waals surface area contributed by atoms with Gasteiger partial charge in [-0.3, -0.25) is 10.1 Å². The van der Waals surface area contributed by atoms with Crippen LogP contribution in [0.4, 0.5) is 11.4 Å². The molecule has 0 spiro atoms. The van der Waals surface area contributed by atoms with E-state index in [4.69, 9.17) is 0 Å². The third-order valence-corrected chi connectivity index (χ3v) is 5.13. The predicted molar refractivity (Wildman–Crippen MR) is 89.6 cm³/mol. The molecule has 0 bridgehead atoms. The lowest BCUT2D eigenvalue weighted by atomic mass is 9.71. The summed E-state index contributed by atoms with van der Waals surface area (Å²) in [6, 6.07) is 5.36. The molecule has 0 heterocycles. The summed E-state index contributed by atoms with van der Waals surface area (Å²) in [4.78, 5) is 10.4. The van der Waals surface area contributed by atoms with Crippen molar-refractivity contribution < 1.29 is 4.92 Å². The van der Waals surface area contributed by atoms with Crippen molar-refractivity contribution in [2.24, 2.45) is 11.3 Å². The Morgan fingerprint density at radius 1 is 1.24 bits per heavy atom. The maximum Gasteiger partial charge on any atom is 0.270 e. The Hall–Kier alpha value is -1.10. The maximum absolute atomic E-state index is 10.7. The van der Waals surface area contributed by atoms with Crippen LogP contribution in [0.2, 0.25) is 0 Å². The van der Waals surface area contributed by atoms with Crippen molar-refractivity contribution in [1.82, 2.24) is 0 Å². The first kappa shape index (κ1) is 16.3. The summed E-state index contributed by atoms with van der Waals surface area (Å²) in [6.07, 6.45) is 4.80. The van der Waals surface area contributed by atoms with Crippen molar-refractivity contribution in [3.8, 4) is 0 Å². The first-order valence-corrected chi connectivity index (χ1v) is 8.27. The van der Waals surface area contributed by atoms with Gasteiger partial charge in [-0.15, -0.1) is 0 Å². The van der Waals surface area contributed by atoms with Crippen LogP contribution in [-0.2, 0) is 0 Å². The van der Waals surface area contributed by atoms with Gasteiger partial charge >= 0.3 is 0 Å². The average Bonchev–Trinajstić information content (AvgIpc) is 2.40. The normalized spacial score (nSPS) is 22.9. The quantitative estimate of drug-likeness (QED) is 0.585. The zero-order valence-corrected chi connectivity index (χ0v) is 14.4. The van der Waals surface area contributed by atoms with E-state index in [0.717, 1.165) is 28.9 Å². The molecule has 0 radical (unpaired) electrons. The topological polar surface area (TPSA) is 55.2 Å². The first-order chi connectivity index (χ1) is 9.77. The molecule has 4 nitrogen and oxygen atoms in total. The minimum atomic E-state index is -0.372. The fourth-order valence-electron chi connectivity index (χ4n) is 3.06. The van der Waals surface area contributed by atoms with Gasteiger partial charge in [-0.2, -0.15) is 0 Å². The second kappa shape index (κ2) is 6.34. The Bertz CT molecular complexity index is 517. The SMILES string of the molecule is CC(C)(C)C1CCC(Nc2ccc([N+](=O)[O-])cc2Br)CC1. The molecule has 2 rings (SSSR count). The number of nitrogens with zero attached hydrogens (tertiary/aromatic N) is 1. The van der Waals surface area contributed by atoms with Gasteiger partial charge in [-0.25, -0.2) is 0 Å². The van der Waals surface area contributed by atoms with E-state index < -0.39 is 0 Å². The van der Waals surface area contributed by atoms with Crippen molar-refractivity contribution in [1.29, 1.82) is 0 Å². The van der Waals surface area contributed by atoms with Crippen molar-refractivity contribution in [3.05, 3.63) is 32.8 Å². The van der Waals surface area contributed by atoms with E-state index in [0.29, 0.717) is 11.5 Å². The molecule has 0 saturated heterocycles. The molecule has 0 aromatic heterocycles. The van der Waals surface area contributed by atoms with Crippen LogP contribution in [0.3, 0.4) is 0 Å². The highest BCUT2D eigenvalue weighted by molar-refractivity contribution is 9.10. The fraction of sp³-hybridized carbons (Fsp3) is 0.625. The van der Waals surface area contributed by atoms with Crippen LogP contribution in [0.25, 0.3) is 0 Å². The molecular weight excluding hydrogens is 332 g/mol. The van der Waals surface area contributed by atoms with Crippen molar-refractivity contribution in [2.45, 2.75) is 52.5 Å². The molecule has 5 heteroatoms. The largest absolute Gasteiger partial charge is 0.381 e. The highest BCUT2D eigenvalue weighted by atomic mass is 79.9. The second-order valence-electron chi connectivity index (χ2n) is 6.98. The van der Waals surface area contributed by atoms with Crippen LogP contribution in [-0.4, -0.2) is 11.0 Å². The number of non-ortho nitro benzene ring substituents is 1. The molecule has 1 aromatic carbocycles. The van der Waals surface area contributed by atoms with Crippen molar-refractivity contribution >= 4 is 27.3 Å². The van der Waals surface area contributed by atoms with Crippen molar-refractivity contribution in [3.63, 3.8) is 0 Å². The zero-order chi connectivity index (χ0) is 15.6. The molecule has 116 valence electrons. The minimum absolute atomic E-state index is 0.115. The first-order valence-electron chi connectivity index (χ1n) is 7.48. The van der Waals surface area contributed by atoms with Crippen LogP contribution in [0, 0.1) is 21.4 Å². The zero-order valence-electron chi connectivity index (χ0n) is 12.9. The Labute approximate surface area is 134 Å². The van der Waals surface area contributed by atoms with Crippen molar-refractivity contribution in [2.75, 3.05) is 5.32 Å². The van der Waals surface area contributed by atoms with Crippen LogP contribution < -0.4 is 5.32 Å². The fourth-order valence-corrected chi connectivity index (χ4v) is 3.54. The maximum atomic E-state index is 10.7. The van der Waals surface area contributed by atoms with Gasteiger partial charge in [0.1, 0.15) is 0 Å². The smallest absolute Gasteiger partial charge is 0.270 e. The standard InChI is InChI=1S/C16H23BrN2O2/c1-16(2,3)11-4-6-12(7-5-11)18-15-9-8-13(19(20)21)10-14(15)17/h8-12,18H,4-7H2,1-3H3. The van der Waals surface area contributed by atoms with E-state index in [2.05, 4.69) is 42.0 Å². The molecule has 0 atom stereocenters. The summed E-state index contributed by atoms with van der Waals surface area (Å²) >= 11 is 3.42. The Morgan fingerprint density at radius 3 is 2.33 bits per heavy atom. The number of rotatable bonds is 3. The monoisotopic (exact) mass is 354 g/mol. The molecule has 1 aliphatic rings. The van der Waals surface area contributed by atoms with E-state index in [-0.39, 0.29) is 10.6 Å². The number of anilines is 1. The summed E-state index contributed by atoms with van der Waals surface area (Å²) < 4.78 is 0.759. The lowest BCUT2D eigenvalue weighted by Crippen LogP contribution is -2.31. The van der Waals surface area contributed by atoms with Crippen LogP contribution in [0.1, 0.15) is 46.5 Å². The summed E-state index contributed by atoms with van der Waals surface area (Å²) in [5.74, 6) is 0.788. The van der Waals surface area contributed by atoms with E-state index >= 15 is 0 Å². The Kier molecular flexibility index (Phi) is 4.91. The number of nitro groups is 1. The molecule has 1 aliphatic carbocycles. The Morgan fingerprint density at radius 2 is 1.86 bits per heavy atom. The van der Waals surface area contributed by atoms with E-state index in [9.17, 15) is 10.1 Å². The number of halogens is 1. The van der Waals surface area contributed by atoms with E-state index in [1.54, 1.807) is 18.2 Å². The number of nitro benzene ring substituents is 1. The third kappa shape index (κ3) is 4.19. The van der Waals surface area contributed by atoms with Gasteiger partial charge in [0, 0.05) is 28.3 Å². The summed E-state index contributed by atoms with van der Waals surface area (Å²) in [5.41, 5.74) is 1.45. The van der Waals surface area contributed by atoms with E-state index in [1.807, 2.05) is 0 Å². The molecule has 0 unspecified atom stereocenters. The minimum Gasteiger partial charge on any atom is -0.381 e. The number of hydrogen-bond acceptors (Lipinski definition) is 3. The van der Waals surface area contributed by atoms with Crippen LogP contribution >= 0.6 is 15.9 Å². The van der Waals surface area contributed by atoms with E-state index in [1.165, 1.54) is 12.8 Å². The molecule has 1 aromatic rings. The van der Waals surface area contributed by atoms with Gasteiger partial charge in [-0.1, -0.05) is 20.8 Å². The average molecular weight is 355 g/mol. The van der Waals surface area contributed by atoms with Gasteiger partial charge in [0.2, 0.25) is 0 Å². The van der Waals surface area contributed by atoms with Gasteiger partial charge in [0.05, 0.1) is 4.92 Å². The molecule has 21 heavy (non-hydrogen) atoms. The molecule has 0 aliphatic heterocycles. The summed E-state index contributed by atoms with van der Waals surface area (Å²) in [6.45, 7) is 6.95.